The molecule has 0 bridgehead atoms. The van der Waals surface area contributed by atoms with E-state index in [9.17, 15) is 4.79 Å². The Morgan fingerprint density at radius 2 is 1.52 bits per heavy atom. The minimum absolute atomic E-state index is 0.0916. The van der Waals surface area contributed by atoms with E-state index in [0.29, 0.717) is 12.1 Å². The highest BCUT2D eigenvalue weighted by Gasteiger charge is 2.39. The van der Waals surface area contributed by atoms with Crippen LogP contribution in [0.3, 0.4) is 0 Å². The van der Waals surface area contributed by atoms with Crippen molar-refractivity contribution in [3.05, 3.63) is 71.8 Å². The zero-order valence-electron chi connectivity index (χ0n) is 20.4. The zero-order chi connectivity index (χ0) is 23.2. The fourth-order valence-electron chi connectivity index (χ4n) is 5.40. The monoisotopic (exact) mass is 448 g/mol. The highest BCUT2D eigenvalue weighted by molar-refractivity contribution is 5.82. The van der Waals surface area contributed by atoms with E-state index in [2.05, 4.69) is 88.1 Å². The molecule has 178 valence electrons. The number of hydrogen-bond acceptors (Lipinski definition) is 4. The van der Waals surface area contributed by atoms with Crippen LogP contribution in [0.1, 0.15) is 50.2 Å². The van der Waals surface area contributed by atoms with E-state index in [1.165, 1.54) is 24.0 Å². The Morgan fingerprint density at radius 3 is 2.06 bits per heavy atom. The Labute approximate surface area is 199 Å². The second kappa shape index (κ2) is 11.3. The molecule has 0 unspecified atom stereocenters. The van der Waals surface area contributed by atoms with Gasteiger partial charge in [0.05, 0.1) is 6.04 Å². The maximum Gasteiger partial charge on any atom is 0.237 e. The Kier molecular flexibility index (Phi) is 8.18. The molecule has 2 aromatic rings. The number of nitrogens with zero attached hydrogens (tertiary/aromatic N) is 2. The number of amides is 1. The van der Waals surface area contributed by atoms with Gasteiger partial charge in [-0.25, -0.2) is 0 Å². The molecule has 33 heavy (non-hydrogen) atoms. The quantitative estimate of drug-likeness (QED) is 0.649. The number of likely N-dealkylation sites (tertiary alicyclic amines) is 2. The van der Waals surface area contributed by atoms with Crippen molar-refractivity contribution in [3.63, 3.8) is 0 Å². The van der Waals surface area contributed by atoms with Gasteiger partial charge in [-0.15, -0.1) is 0 Å². The predicted octanol–water partition coefficient (Wildman–Crippen LogP) is 3.47. The van der Waals surface area contributed by atoms with Crippen molar-refractivity contribution < 1.29 is 4.79 Å². The van der Waals surface area contributed by atoms with Gasteiger partial charge in [-0.2, -0.15) is 0 Å². The van der Waals surface area contributed by atoms with Gasteiger partial charge in [0.15, 0.2) is 0 Å². The molecule has 2 saturated heterocycles. The average molecular weight is 449 g/mol. The van der Waals surface area contributed by atoms with E-state index >= 15 is 0 Å². The molecule has 1 amide bonds. The van der Waals surface area contributed by atoms with Crippen LogP contribution in [0.5, 0.6) is 0 Å². The van der Waals surface area contributed by atoms with Crippen molar-refractivity contribution in [3.8, 4) is 0 Å². The number of rotatable bonds is 8. The van der Waals surface area contributed by atoms with Crippen molar-refractivity contribution in [2.45, 2.75) is 63.2 Å². The third-order valence-corrected chi connectivity index (χ3v) is 7.15. The molecule has 0 radical (unpaired) electrons. The molecule has 2 N–H and O–H groups in total. The molecule has 2 aliphatic rings. The highest BCUT2D eigenvalue weighted by Crippen LogP contribution is 2.30. The van der Waals surface area contributed by atoms with Crippen LogP contribution >= 0.6 is 0 Å². The van der Waals surface area contributed by atoms with E-state index in [-0.39, 0.29) is 23.9 Å². The lowest BCUT2D eigenvalue weighted by atomic mass is 9.90. The summed E-state index contributed by atoms with van der Waals surface area (Å²) in [5.41, 5.74) is 2.61. The largest absolute Gasteiger partial charge is 0.353 e. The fraction of sp³-hybridized carbons (Fsp3) is 0.536. The van der Waals surface area contributed by atoms with E-state index in [1.54, 1.807) is 0 Å². The van der Waals surface area contributed by atoms with Crippen molar-refractivity contribution in [1.82, 2.24) is 20.4 Å². The average Bonchev–Trinajstić information content (AvgIpc) is 3.22. The molecule has 0 spiro atoms. The first-order valence-electron chi connectivity index (χ1n) is 12.6. The van der Waals surface area contributed by atoms with Crippen molar-refractivity contribution >= 4 is 5.91 Å². The first-order valence-corrected chi connectivity index (χ1v) is 12.6. The van der Waals surface area contributed by atoms with Crippen LogP contribution in [0.4, 0.5) is 0 Å². The van der Waals surface area contributed by atoms with E-state index in [4.69, 9.17) is 0 Å². The summed E-state index contributed by atoms with van der Waals surface area (Å²) in [6.45, 7) is 8.14. The summed E-state index contributed by atoms with van der Waals surface area (Å²) in [5.74, 6) is 0.404. The van der Waals surface area contributed by atoms with Gasteiger partial charge >= 0.3 is 0 Å². The van der Waals surface area contributed by atoms with Gasteiger partial charge in [0.25, 0.3) is 0 Å². The van der Waals surface area contributed by atoms with Gasteiger partial charge in [0, 0.05) is 37.1 Å². The molecule has 0 saturated carbocycles. The number of piperidine rings is 1. The molecule has 5 nitrogen and oxygen atoms in total. The molecular formula is C28H40N4O. The normalized spacial score (nSPS) is 22.8. The fourth-order valence-corrected chi connectivity index (χ4v) is 5.40. The summed E-state index contributed by atoms with van der Waals surface area (Å²) in [4.78, 5) is 18.0. The van der Waals surface area contributed by atoms with Crippen LogP contribution in [-0.4, -0.2) is 73.1 Å². The third-order valence-electron chi connectivity index (χ3n) is 7.15. The Bertz CT molecular complexity index is 824. The first kappa shape index (κ1) is 23.9. The molecule has 2 fully saturated rings. The van der Waals surface area contributed by atoms with E-state index < -0.39 is 0 Å². The first-order chi connectivity index (χ1) is 16.0. The molecule has 4 rings (SSSR count). The van der Waals surface area contributed by atoms with Gasteiger partial charge in [-0.05, 0) is 64.4 Å². The lowest BCUT2D eigenvalue weighted by molar-refractivity contribution is -0.126. The maximum absolute atomic E-state index is 13.2. The number of hydrogen-bond donors (Lipinski definition) is 2. The lowest BCUT2D eigenvalue weighted by Gasteiger charge is -2.32. The number of carbonyl (C=O) groups is 1. The Morgan fingerprint density at radius 1 is 0.939 bits per heavy atom. The van der Waals surface area contributed by atoms with Crippen LogP contribution in [-0.2, 0) is 4.79 Å². The van der Waals surface area contributed by atoms with Gasteiger partial charge < -0.3 is 15.5 Å². The van der Waals surface area contributed by atoms with Crippen molar-refractivity contribution in [1.29, 1.82) is 0 Å². The van der Waals surface area contributed by atoms with Crippen LogP contribution in [0.2, 0.25) is 0 Å². The smallest absolute Gasteiger partial charge is 0.237 e. The van der Waals surface area contributed by atoms with Crippen LogP contribution in [0, 0.1) is 0 Å². The summed E-state index contributed by atoms with van der Waals surface area (Å²) in [7, 11) is 2.20. The molecule has 0 aromatic heterocycles. The van der Waals surface area contributed by atoms with Gasteiger partial charge in [-0.1, -0.05) is 60.7 Å². The molecule has 2 aromatic carbocycles. The summed E-state index contributed by atoms with van der Waals surface area (Å²) >= 11 is 0. The molecule has 2 atom stereocenters. The van der Waals surface area contributed by atoms with E-state index in [1.807, 2.05) is 13.8 Å². The summed E-state index contributed by atoms with van der Waals surface area (Å²) in [6, 6.07) is 22.4. The van der Waals surface area contributed by atoms with Crippen LogP contribution in [0.25, 0.3) is 0 Å². The standard InChI is InChI=1S/C28H40N4O/c1-21(2)29-28(33)27-18-25(30-24-14-16-31(3)17-15-24)19-32(27)20-26(22-10-6-4-7-11-22)23-12-8-5-9-13-23/h4-13,21,24-27,30H,14-20H2,1-3H3,(H,29,33)/t25-,27+/m1/s1. The topological polar surface area (TPSA) is 47.6 Å². The van der Waals surface area contributed by atoms with Crippen molar-refractivity contribution in [2.24, 2.45) is 0 Å². The molecule has 2 heterocycles. The minimum atomic E-state index is -0.0916. The third kappa shape index (κ3) is 6.44. The lowest BCUT2D eigenvalue weighted by Crippen LogP contribution is -2.46. The Balaban J connectivity index is 1.53. The predicted molar refractivity (Wildman–Crippen MR) is 135 cm³/mol. The number of benzene rings is 2. The second-order valence-corrected chi connectivity index (χ2v) is 10.2. The van der Waals surface area contributed by atoms with Gasteiger partial charge in [0.2, 0.25) is 5.91 Å². The molecular weight excluding hydrogens is 408 g/mol. The highest BCUT2D eigenvalue weighted by atomic mass is 16.2. The zero-order valence-corrected chi connectivity index (χ0v) is 20.4. The molecule has 2 aliphatic heterocycles. The van der Waals surface area contributed by atoms with Crippen molar-refractivity contribution in [2.75, 3.05) is 33.2 Å². The number of nitrogens with one attached hydrogen (secondary N) is 2. The van der Waals surface area contributed by atoms with Gasteiger partial charge in [-0.3, -0.25) is 9.69 Å². The summed E-state index contributed by atoms with van der Waals surface area (Å²) in [5, 5.41) is 7.09. The second-order valence-electron chi connectivity index (χ2n) is 10.2. The Hall–Kier alpha value is -2.21. The van der Waals surface area contributed by atoms with Crippen LogP contribution < -0.4 is 10.6 Å². The summed E-state index contributed by atoms with van der Waals surface area (Å²) < 4.78 is 0. The van der Waals surface area contributed by atoms with Crippen LogP contribution in [0.15, 0.2) is 60.7 Å². The maximum atomic E-state index is 13.2. The summed E-state index contributed by atoms with van der Waals surface area (Å²) in [6.07, 6.45) is 3.25. The van der Waals surface area contributed by atoms with Gasteiger partial charge in [0.1, 0.15) is 0 Å². The number of carbonyl (C=O) groups excluding carboxylic acids is 1. The molecule has 5 heteroatoms. The molecule has 0 aliphatic carbocycles. The minimum Gasteiger partial charge on any atom is -0.353 e. The SMILES string of the molecule is CC(C)NC(=O)[C@@H]1C[C@@H](NC2CCN(C)CC2)CN1CC(c1ccccc1)c1ccccc1. The van der Waals surface area contributed by atoms with E-state index in [0.717, 1.165) is 32.6 Å².